The predicted molar refractivity (Wildman–Crippen MR) is 69.8 cm³/mol. The van der Waals surface area contributed by atoms with Crippen molar-refractivity contribution in [2.24, 2.45) is 0 Å². The van der Waals surface area contributed by atoms with E-state index in [1.807, 2.05) is 18.5 Å². The number of benzene rings is 1. The first-order valence-electron chi connectivity index (χ1n) is 5.64. The van der Waals surface area contributed by atoms with E-state index in [1.54, 1.807) is 17.4 Å². The number of thiazole rings is 1. The molecule has 1 aromatic heterocycles. The van der Waals surface area contributed by atoms with Crippen molar-refractivity contribution in [1.29, 1.82) is 0 Å². The summed E-state index contributed by atoms with van der Waals surface area (Å²) in [6.45, 7) is 0.995. The molecule has 0 aliphatic carbocycles. The van der Waals surface area contributed by atoms with E-state index in [-0.39, 0.29) is 5.82 Å². The molecule has 2 aromatic rings. The van der Waals surface area contributed by atoms with Crippen LogP contribution in [0, 0.1) is 5.82 Å². The van der Waals surface area contributed by atoms with Crippen LogP contribution in [0.15, 0.2) is 29.6 Å². The van der Waals surface area contributed by atoms with E-state index in [4.69, 9.17) is 0 Å². The van der Waals surface area contributed by atoms with Crippen molar-refractivity contribution >= 4 is 11.3 Å². The highest BCUT2D eigenvalue weighted by molar-refractivity contribution is 7.09. The minimum absolute atomic E-state index is 0.216. The Bertz CT molecular complexity index is 482. The zero-order chi connectivity index (χ0) is 12.1. The number of aromatic nitrogens is 1. The van der Waals surface area contributed by atoms with Crippen molar-refractivity contribution in [3.05, 3.63) is 40.5 Å². The molecule has 1 heterocycles. The summed E-state index contributed by atoms with van der Waals surface area (Å²) < 4.78 is 13.1. The average Bonchev–Trinajstić information content (AvgIpc) is 2.78. The molecule has 90 valence electrons. The van der Waals surface area contributed by atoms with Crippen LogP contribution in [-0.4, -0.2) is 18.6 Å². The van der Waals surface area contributed by atoms with Crippen LogP contribution in [0.4, 0.5) is 4.39 Å². The lowest BCUT2D eigenvalue weighted by Gasteiger charge is -1.97. The zero-order valence-electron chi connectivity index (χ0n) is 9.74. The fraction of sp³-hybridized carbons (Fsp3) is 0.308. The number of hydrogen-bond donors (Lipinski definition) is 1. The van der Waals surface area contributed by atoms with E-state index >= 15 is 0 Å². The van der Waals surface area contributed by atoms with Crippen molar-refractivity contribution in [1.82, 2.24) is 10.3 Å². The van der Waals surface area contributed by atoms with E-state index in [2.05, 4.69) is 10.3 Å². The van der Waals surface area contributed by atoms with E-state index < -0.39 is 0 Å². The van der Waals surface area contributed by atoms with Crippen molar-refractivity contribution in [2.45, 2.75) is 12.8 Å². The second-order valence-electron chi connectivity index (χ2n) is 3.84. The van der Waals surface area contributed by atoms with Crippen molar-refractivity contribution in [3.63, 3.8) is 0 Å². The molecule has 0 fully saturated rings. The summed E-state index contributed by atoms with van der Waals surface area (Å²) in [7, 11) is 1.94. The van der Waals surface area contributed by atoms with Crippen molar-refractivity contribution in [3.8, 4) is 11.3 Å². The quantitative estimate of drug-likeness (QED) is 0.825. The normalized spacial score (nSPS) is 10.7. The molecule has 1 aromatic carbocycles. The first-order valence-corrected chi connectivity index (χ1v) is 6.52. The lowest BCUT2D eigenvalue weighted by atomic mass is 10.2. The third-order valence-corrected chi connectivity index (χ3v) is 3.40. The van der Waals surface area contributed by atoms with E-state index in [1.165, 1.54) is 12.1 Å². The topological polar surface area (TPSA) is 24.9 Å². The summed E-state index contributed by atoms with van der Waals surface area (Å²) >= 11 is 1.64. The molecule has 4 heteroatoms. The Kier molecular flexibility index (Phi) is 4.23. The Labute approximate surface area is 105 Å². The first kappa shape index (κ1) is 12.2. The molecule has 2 rings (SSSR count). The molecule has 1 N–H and O–H groups in total. The number of rotatable bonds is 5. The molecule has 0 radical (unpaired) electrons. The van der Waals surface area contributed by atoms with Crippen LogP contribution in [0.2, 0.25) is 0 Å². The summed E-state index contributed by atoms with van der Waals surface area (Å²) in [5.74, 6) is -0.216. The number of aryl methyl sites for hydroxylation is 1. The maximum atomic E-state index is 13.1. The lowest BCUT2D eigenvalue weighted by molar-refractivity contribution is 0.628. The van der Waals surface area contributed by atoms with Gasteiger partial charge in [0.15, 0.2) is 0 Å². The van der Waals surface area contributed by atoms with Crippen LogP contribution >= 0.6 is 11.3 Å². The Hall–Kier alpha value is -1.26. The van der Waals surface area contributed by atoms with Gasteiger partial charge in [0.2, 0.25) is 0 Å². The fourth-order valence-electron chi connectivity index (χ4n) is 1.62. The summed E-state index contributed by atoms with van der Waals surface area (Å²) in [6.07, 6.45) is 2.05. The van der Waals surface area contributed by atoms with Gasteiger partial charge in [-0.3, -0.25) is 0 Å². The molecule has 0 spiro atoms. The van der Waals surface area contributed by atoms with Crippen LogP contribution in [-0.2, 0) is 6.42 Å². The minimum atomic E-state index is -0.216. The molecule has 0 saturated carbocycles. The Balaban J connectivity index is 2.07. The van der Waals surface area contributed by atoms with Gasteiger partial charge in [-0.15, -0.1) is 11.3 Å². The van der Waals surface area contributed by atoms with E-state index in [0.717, 1.165) is 35.7 Å². The Morgan fingerprint density at radius 2 is 2.29 bits per heavy atom. The molecule has 17 heavy (non-hydrogen) atoms. The Morgan fingerprint density at radius 3 is 3.06 bits per heavy atom. The molecule has 0 unspecified atom stereocenters. The van der Waals surface area contributed by atoms with Gasteiger partial charge in [0.1, 0.15) is 5.82 Å². The van der Waals surface area contributed by atoms with Gasteiger partial charge >= 0.3 is 0 Å². The molecular weight excluding hydrogens is 235 g/mol. The van der Waals surface area contributed by atoms with E-state index in [0.29, 0.717) is 0 Å². The largest absolute Gasteiger partial charge is 0.320 e. The van der Waals surface area contributed by atoms with Gasteiger partial charge in [-0.1, -0.05) is 12.1 Å². The van der Waals surface area contributed by atoms with Gasteiger partial charge in [0, 0.05) is 17.4 Å². The SMILES string of the molecule is CNCCCc1nc(-c2cccc(F)c2)cs1. The van der Waals surface area contributed by atoms with Crippen LogP contribution < -0.4 is 5.32 Å². The fourth-order valence-corrected chi connectivity index (χ4v) is 2.47. The van der Waals surface area contributed by atoms with Gasteiger partial charge < -0.3 is 5.32 Å². The van der Waals surface area contributed by atoms with E-state index in [9.17, 15) is 4.39 Å². The molecular formula is C13H15FN2S. The highest BCUT2D eigenvalue weighted by Crippen LogP contribution is 2.23. The number of nitrogens with zero attached hydrogens (tertiary/aromatic N) is 1. The number of nitrogens with one attached hydrogen (secondary N) is 1. The van der Waals surface area contributed by atoms with Gasteiger partial charge in [-0.05, 0) is 32.1 Å². The highest BCUT2D eigenvalue weighted by Gasteiger charge is 2.05. The maximum Gasteiger partial charge on any atom is 0.123 e. The summed E-state index contributed by atoms with van der Waals surface area (Å²) in [5.41, 5.74) is 1.72. The van der Waals surface area contributed by atoms with Crippen LogP contribution in [0.5, 0.6) is 0 Å². The van der Waals surface area contributed by atoms with Gasteiger partial charge in [-0.25, -0.2) is 9.37 Å². The summed E-state index contributed by atoms with van der Waals surface area (Å²) in [5, 5.41) is 6.21. The molecule has 0 bridgehead atoms. The standard InChI is InChI=1S/C13H15FN2S/c1-15-7-3-6-13-16-12(9-17-13)10-4-2-5-11(14)8-10/h2,4-5,8-9,15H,3,6-7H2,1H3. The smallest absolute Gasteiger partial charge is 0.123 e. The molecule has 0 aliphatic rings. The Morgan fingerprint density at radius 1 is 1.41 bits per heavy atom. The highest BCUT2D eigenvalue weighted by atomic mass is 32.1. The lowest BCUT2D eigenvalue weighted by Crippen LogP contribution is -2.08. The van der Waals surface area contributed by atoms with Gasteiger partial charge in [-0.2, -0.15) is 0 Å². The molecule has 0 amide bonds. The third-order valence-electron chi connectivity index (χ3n) is 2.49. The summed E-state index contributed by atoms with van der Waals surface area (Å²) in [6, 6.07) is 6.57. The average molecular weight is 250 g/mol. The van der Waals surface area contributed by atoms with Crippen molar-refractivity contribution in [2.75, 3.05) is 13.6 Å². The molecule has 2 nitrogen and oxygen atoms in total. The molecule has 0 saturated heterocycles. The maximum absolute atomic E-state index is 13.1. The molecule has 0 atom stereocenters. The zero-order valence-corrected chi connectivity index (χ0v) is 10.6. The number of halogens is 1. The predicted octanol–water partition coefficient (Wildman–Crippen LogP) is 3.10. The number of hydrogen-bond acceptors (Lipinski definition) is 3. The van der Waals surface area contributed by atoms with Gasteiger partial charge in [0.25, 0.3) is 0 Å². The third kappa shape index (κ3) is 3.35. The van der Waals surface area contributed by atoms with Gasteiger partial charge in [0.05, 0.1) is 10.7 Å². The summed E-state index contributed by atoms with van der Waals surface area (Å²) in [4.78, 5) is 4.52. The van der Waals surface area contributed by atoms with Crippen LogP contribution in [0.3, 0.4) is 0 Å². The van der Waals surface area contributed by atoms with Crippen molar-refractivity contribution < 1.29 is 4.39 Å². The monoisotopic (exact) mass is 250 g/mol. The van der Waals surface area contributed by atoms with Crippen LogP contribution in [0.25, 0.3) is 11.3 Å². The second-order valence-corrected chi connectivity index (χ2v) is 4.79. The van der Waals surface area contributed by atoms with Crippen LogP contribution in [0.1, 0.15) is 11.4 Å². The second kappa shape index (κ2) is 5.89. The first-order chi connectivity index (χ1) is 8.29. The molecule has 0 aliphatic heterocycles. The minimum Gasteiger partial charge on any atom is -0.320 e.